The zero-order chi connectivity index (χ0) is 17.6. The summed E-state index contributed by atoms with van der Waals surface area (Å²) in [5.74, 6) is -0.0623. The fraction of sp³-hybridized carbons (Fsp3) is 0.933. The molecule has 1 N–H and O–H groups in total. The molecule has 0 heterocycles. The van der Waals surface area contributed by atoms with Gasteiger partial charge >= 0.3 is 5.97 Å². The summed E-state index contributed by atoms with van der Waals surface area (Å²) < 4.78 is 11.6. The van der Waals surface area contributed by atoms with E-state index in [-0.39, 0.29) is 12.0 Å². The maximum Gasteiger partial charge on any atom is 0.309 e. The molecule has 22 heavy (non-hydrogen) atoms. The zero-order valence-electron chi connectivity index (χ0n) is 16.1. The van der Waals surface area contributed by atoms with Gasteiger partial charge in [0.1, 0.15) is 8.24 Å². The Hall–Kier alpha value is 0.0406. The molecule has 0 radical (unpaired) electrons. The highest BCUT2D eigenvalue weighted by atomic mass is 28.4. The van der Waals surface area contributed by atoms with Crippen LogP contribution in [-0.4, -0.2) is 43.5 Å². The van der Waals surface area contributed by atoms with Gasteiger partial charge in [0.2, 0.25) is 8.32 Å². The predicted octanol–water partition coefficient (Wildman–Crippen LogP) is 4.18. The number of hydrogen-bond acceptors (Lipinski definition) is 4. The number of hydrogen-bond donors (Lipinski definition) is 1. The zero-order valence-corrected chi connectivity index (χ0v) is 19.1. The van der Waals surface area contributed by atoms with E-state index < -0.39 is 24.9 Å². The maximum atomic E-state index is 12.4. The van der Waals surface area contributed by atoms with Crippen molar-refractivity contribution in [2.45, 2.75) is 84.2 Å². The minimum absolute atomic E-state index is 0.0623. The summed E-state index contributed by atoms with van der Waals surface area (Å²) in [4.78, 5) is 15.9. The summed E-state index contributed by atoms with van der Waals surface area (Å²) in [7, 11) is -4.77. The second-order valence-electron chi connectivity index (χ2n) is 8.94. The normalized spacial score (nSPS) is 14.8. The summed E-state index contributed by atoms with van der Waals surface area (Å²) in [6.45, 7) is 20.2. The molecule has 1 unspecified atom stereocenters. The molecule has 1 atom stereocenters. The SMILES string of the molecule is C[Si](C)(C)NC(CCCCO[Si](C)(C)C)C(=O)O[Si](C)(C)C. The van der Waals surface area contributed by atoms with Crippen LogP contribution in [0, 0.1) is 0 Å². The smallest absolute Gasteiger partial charge is 0.309 e. The van der Waals surface area contributed by atoms with E-state index in [9.17, 15) is 4.79 Å². The van der Waals surface area contributed by atoms with Gasteiger partial charge in [-0.15, -0.1) is 0 Å². The van der Waals surface area contributed by atoms with E-state index in [0.717, 1.165) is 25.9 Å². The van der Waals surface area contributed by atoms with Crippen LogP contribution in [0.25, 0.3) is 0 Å². The molecule has 0 fully saturated rings. The lowest BCUT2D eigenvalue weighted by Gasteiger charge is -2.29. The molecule has 4 nitrogen and oxygen atoms in total. The van der Waals surface area contributed by atoms with Gasteiger partial charge in [-0.1, -0.05) is 19.6 Å². The Morgan fingerprint density at radius 1 is 0.909 bits per heavy atom. The van der Waals surface area contributed by atoms with E-state index in [1.807, 2.05) is 0 Å². The van der Waals surface area contributed by atoms with Crippen LogP contribution in [0.1, 0.15) is 19.3 Å². The molecule has 0 aromatic rings. The van der Waals surface area contributed by atoms with Crippen molar-refractivity contribution < 1.29 is 13.6 Å². The van der Waals surface area contributed by atoms with Crippen molar-refractivity contribution in [2.75, 3.05) is 6.61 Å². The highest BCUT2D eigenvalue weighted by Crippen LogP contribution is 2.12. The molecule has 0 rings (SSSR count). The van der Waals surface area contributed by atoms with Crippen molar-refractivity contribution in [3.63, 3.8) is 0 Å². The molecule has 7 heteroatoms. The Morgan fingerprint density at radius 3 is 1.86 bits per heavy atom. The van der Waals surface area contributed by atoms with Crippen LogP contribution in [0.4, 0.5) is 0 Å². The largest absolute Gasteiger partial charge is 0.519 e. The molecule has 0 aliphatic rings. The molecule has 0 aromatic carbocycles. The lowest BCUT2D eigenvalue weighted by Crippen LogP contribution is -2.53. The first-order valence-electron chi connectivity index (χ1n) is 8.34. The Morgan fingerprint density at radius 2 is 1.45 bits per heavy atom. The Balaban J connectivity index is 4.40. The maximum absolute atomic E-state index is 12.4. The van der Waals surface area contributed by atoms with Crippen molar-refractivity contribution in [3.8, 4) is 0 Å². The third-order valence-electron chi connectivity index (χ3n) is 2.72. The second-order valence-corrected chi connectivity index (χ2v) is 22.7. The van der Waals surface area contributed by atoms with Crippen LogP contribution in [0.15, 0.2) is 0 Å². The monoisotopic (exact) mass is 363 g/mol. The van der Waals surface area contributed by atoms with Gasteiger partial charge in [-0.05, 0) is 58.5 Å². The quantitative estimate of drug-likeness (QED) is 0.467. The third-order valence-corrected chi connectivity index (χ3v) is 5.82. The Labute approximate surface area is 140 Å². The fourth-order valence-electron chi connectivity index (χ4n) is 1.97. The third kappa shape index (κ3) is 13.7. The fourth-order valence-corrected chi connectivity index (χ4v) is 4.78. The van der Waals surface area contributed by atoms with Gasteiger partial charge in [0.25, 0.3) is 0 Å². The summed E-state index contributed by atoms with van der Waals surface area (Å²) >= 11 is 0. The van der Waals surface area contributed by atoms with Crippen LogP contribution in [-0.2, 0) is 13.6 Å². The first kappa shape index (κ1) is 22.0. The van der Waals surface area contributed by atoms with E-state index in [0.29, 0.717) is 0 Å². The lowest BCUT2D eigenvalue weighted by atomic mass is 10.1. The molecule has 0 aliphatic carbocycles. The van der Waals surface area contributed by atoms with Gasteiger partial charge in [-0.2, -0.15) is 0 Å². The molecule has 0 saturated carbocycles. The van der Waals surface area contributed by atoms with E-state index in [1.54, 1.807) is 0 Å². The number of carbonyl (C=O) groups is 1. The highest BCUT2D eigenvalue weighted by Gasteiger charge is 2.29. The van der Waals surface area contributed by atoms with E-state index in [1.165, 1.54) is 0 Å². The molecule has 0 spiro atoms. The molecule has 0 aliphatic heterocycles. The minimum atomic E-state index is -1.83. The average Bonchev–Trinajstić information content (AvgIpc) is 2.21. The summed E-state index contributed by atoms with van der Waals surface area (Å²) in [6, 6.07) is -0.162. The van der Waals surface area contributed by atoms with Crippen molar-refractivity contribution in [2.24, 2.45) is 0 Å². The molecule has 132 valence electrons. The topological polar surface area (TPSA) is 47.6 Å². The lowest BCUT2D eigenvalue weighted by molar-refractivity contribution is -0.137. The molecule has 0 amide bonds. The van der Waals surface area contributed by atoms with Gasteiger partial charge < -0.3 is 13.8 Å². The van der Waals surface area contributed by atoms with Gasteiger partial charge in [0.15, 0.2) is 8.32 Å². The van der Waals surface area contributed by atoms with Gasteiger partial charge in [-0.3, -0.25) is 4.79 Å². The van der Waals surface area contributed by atoms with Gasteiger partial charge in [-0.25, -0.2) is 0 Å². The number of carbonyl (C=O) groups excluding carboxylic acids is 1. The summed E-state index contributed by atoms with van der Waals surface area (Å²) in [5, 5.41) is 0. The first-order valence-corrected chi connectivity index (χ1v) is 18.7. The van der Waals surface area contributed by atoms with Crippen LogP contribution in [0.2, 0.25) is 58.9 Å². The highest BCUT2D eigenvalue weighted by molar-refractivity contribution is 6.74. The molecular weight excluding hydrogens is 326 g/mol. The molecular formula is C15H37NO3Si3. The number of rotatable bonds is 10. The molecule has 0 saturated heterocycles. The second kappa shape index (κ2) is 8.77. The van der Waals surface area contributed by atoms with Crippen molar-refractivity contribution in [1.82, 2.24) is 4.98 Å². The van der Waals surface area contributed by atoms with Crippen molar-refractivity contribution in [3.05, 3.63) is 0 Å². The van der Waals surface area contributed by atoms with Crippen molar-refractivity contribution >= 4 is 30.8 Å². The van der Waals surface area contributed by atoms with E-state index in [2.05, 4.69) is 63.9 Å². The van der Waals surface area contributed by atoms with Crippen LogP contribution in [0.3, 0.4) is 0 Å². The van der Waals surface area contributed by atoms with Crippen LogP contribution >= 0.6 is 0 Å². The predicted molar refractivity (Wildman–Crippen MR) is 103 cm³/mol. The van der Waals surface area contributed by atoms with Crippen LogP contribution in [0.5, 0.6) is 0 Å². The summed E-state index contributed by atoms with van der Waals surface area (Å²) in [6.07, 6.45) is 2.84. The standard InChI is InChI=1S/C15H37NO3Si3/c1-20(2,3)16-14(15(17)19-22(7,8)9)12-10-11-13-18-21(4,5)6/h14,16H,10-13H2,1-9H3. The summed E-state index contributed by atoms with van der Waals surface area (Å²) in [5.41, 5.74) is 0. The average molecular weight is 364 g/mol. The number of unbranched alkanes of at least 4 members (excludes halogenated alkanes) is 1. The first-order chi connectivity index (χ1) is 9.70. The van der Waals surface area contributed by atoms with Crippen molar-refractivity contribution in [1.29, 1.82) is 0 Å². The van der Waals surface area contributed by atoms with E-state index >= 15 is 0 Å². The Kier molecular flexibility index (Phi) is 8.79. The molecule has 0 bridgehead atoms. The Bertz CT molecular complexity index is 343. The van der Waals surface area contributed by atoms with Gasteiger partial charge in [0.05, 0.1) is 6.04 Å². The van der Waals surface area contributed by atoms with Gasteiger partial charge in [0, 0.05) is 6.61 Å². The van der Waals surface area contributed by atoms with E-state index in [4.69, 9.17) is 8.85 Å². The van der Waals surface area contributed by atoms with Crippen LogP contribution < -0.4 is 4.98 Å². The minimum Gasteiger partial charge on any atom is -0.519 e. The molecule has 0 aromatic heterocycles. The number of nitrogens with one attached hydrogen (secondary N) is 1.